The second-order valence-electron chi connectivity index (χ2n) is 6.29. The molecule has 25 heavy (non-hydrogen) atoms. The lowest BCUT2D eigenvalue weighted by Crippen LogP contribution is -2.55. The minimum Gasteiger partial charge on any atom is -0.245 e. The summed E-state index contributed by atoms with van der Waals surface area (Å²) in [4.78, 5) is 33.1. The van der Waals surface area contributed by atoms with Gasteiger partial charge in [-0.25, -0.2) is 19.1 Å². The smallest absolute Gasteiger partial charge is 0.245 e. The lowest BCUT2D eigenvalue weighted by molar-refractivity contribution is -0.430. The zero-order valence-corrected chi connectivity index (χ0v) is 15.3. The molecular formula is C18H17ClN3O2S+. The van der Waals surface area contributed by atoms with Gasteiger partial charge in [0.05, 0.1) is 11.9 Å². The van der Waals surface area contributed by atoms with E-state index in [-0.39, 0.29) is 17.9 Å². The number of fused-ring (bicyclic) bond motifs is 1. The topological polar surface area (TPSA) is 53.3 Å². The number of aromatic nitrogens is 1. The number of benzene rings is 1. The first kappa shape index (κ1) is 16.4. The minimum absolute atomic E-state index is 0.108. The van der Waals surface area contributed by atoms with Crippen molar-refractivity contribution in [1.29, 1.82) is 0 Å². The van der Waals surface area contributed by atoms with Crippen molar-refractivity contribution < 1.29 is 14.2 Å². The number of halogens is 1. The van der Waals surface area contributed by atoms with E-state index >= 15 is 0 Å². The molecule has 0 aliphatic carbocycles. The number of amides is 2. The molecule has 1 saturated heterocycles. The molecule has 3 heterocycles. The van der Waals surface area contributed by atoms with E-state index in [1.165, 1.54) is 11.3 Å². The predicted molar refractivity (Wildman–Crippen MR) is 95.9 cm³/mol. The molecule has 2 aromatic rings. The highest BCUT2D eigenvalue weighted by Crippen LogP contribution is 2.39. The fourth-order valence-corrected chi connectivity index (χ4v) is 4.76. The van der Waals surface area contributed by atoms with Crippen LogP contribution in [0.15, 0.2) is 36.5 Å². The molecule has 0 spiro atoms. The van der Waals surface area contributed by atoms with Crippen LogP contribution in [0.5, 0.6) is 0 Å². The summed E-state index contributed by atoms with van der Waals surface area (Å²) in [7, 11) is 1.76. The second kappa shape index (κ2) is 6.35. The molecule has 4 rings (SSSR count). The molecule has 0 radical (unpaired) electrons. The molecular weight excluding hydrogens is 358 g/mol. The lowest BCUT2D eigenvalue weighted by Gasteiger charge is -2.35. The van der Waals surface area contributed by atoms with Crippen LogP contribution in [0.1, 0.15) is 41.7 Å². The molecule has 2 unspecified atom stereocenters. The number of thiazole rings is 1. The maximum atomic E-state index is 13.3. The molecule has 2 aliphatic heterocycles. The first-order valence-corrected chi connectivity index (χ1v) is 9.40. The standard InChI is InChI=1S/C18H17ClN3O2S/c1-21-14-9-5-8-12(13-10-20-18(19)25-13)22(14)17(24)15(16(21)23)11-6-3-2-4-7-11/h2-4,6-7,10,12,15H,5,8-9H2,1H3/q+1. The number of likely N-dealkylation sites (N-methyl/N-ethyl adjacent to an activating group) is 1. The number of amidine groups is 1. The fourth-order valence-electron chi connectivity index (χ4n) is 3.68. The normalized spacial score (nSPS) is 23.8. The van der Waals surface area contributed by atoms with Crippen LogP contribution < -0.4 is 0 Å². The van der Waals surface area contributed by atoms with Gasteiger partial charge in [0.1, 0.15) is 6.04 Å². The highest BCUT2D eigenvalue weighted by atomic mass is 35.5. The Kier molecular flexibility index (Phi) is 4.17. The Hall–Kier alpha value is -2.05. The van der Waals surface area contributed by atoms with Crippen LogP contribution in [0.2, 0.25) is 4.47 Å². The van der Waals surface area contributed by atoms with Gasteiger partial charge in [0, 0.05) is 12.6 Å². The average molecular weight is 375 g/mol. The zero-order chi connectivity index (χ0) is 17.6. The summed E-state index contributed by atoms with van der Waals surface area (Å²) < 4.78 is 2.11. The molecule has 1 fully saturated rings. The highest BCUT2D eigenvalue weighted by molar-refractivity contribution is 7.15. The quantitative estimate of drug-likeness (QED) is 0.599. The Bertz CT molecular complexity index is 877. The maximum absolute atomic E-state index is 13.3. The number of carbonyl (C=O) groups is 2. The number of piperidine rings is 1. The van der Waals surface area contributed by atoms with Crippen molar-refractivity contribution in [2.45, 2.75) is 31.2 Å². The molecule has 2 atom stereocenters. The van der Waals surface area contributed by atoms with E-state index in [2.05, 4.69) is 4.98 Å². The fraction of sp³-hybridized carbons (Fsp3) is 0.333. The Morgan fingerprint density at radius 3 is 2.72 bits per heavy atom. The second-order valence-corrected chi connectivity index (χ2v) is 7.93. The molecule has 5 nitrogen and oxygen atoms in total. The van der Waals surface area contributed by atoms with Crippen molar-refractivity contribution in [3.05, 3.63) is 51.4 Å². The Morgan fingerprint density at radius 1 is 1.28 bits per heavy atom. The largest absolute Gasteiger partial charge is 0.329 e. The summed E-state index contributed by atoms with van der Waals surface area (Å²) in [6, 6.07) is 9.15. The molecule has 0 saturated carbocycles. The van der Waals surface area contributed by atoms with Crippen molar-refractivity contribution in [3.8, 4) is 0 Å². The van der Waals surface area contributed by atoms with Crippen LogP contribution in [-0.4, -0.2) is 39.2 Å². The van der Waals surface area contributed by atoms with Crippen molar-refractivity contribution in [3.63, 3.8) is 0 Å². The summed E-state index contributed by atoms with van der Waals surface area (Å²) in [6.45, 7) is 0. The van der Waals surface area contributed by atoms with Gasteiger partial charge in [0.15, 0.2) is 10.4 Å². The number of hydrogen-bond acceptors (Lipinski definition) is 4. The van der Waals surface area contributed by atoms with Crippen LogP contribution in [0.3, 0.4) is 0 Å². The van der Waals surface area contributed by atoms with Crippen molar-refractivity contribution in [2.24, 2.45) is 0 Å². The molecule has 1 aromatic carbocycles. The zero-order valence-electron chi connectivity index (χ0n) is 13.7. The van der Waals surface area contributed by atoms with Crippen LogP contribution in [0.25, 0.3) is 0 Å². The first-order chi connectivity index (χ1) is 12.1. The van der Waals surface area contributed by atoms with Crippen molar-refractivity contribution >= 4 is 40.6 Å². The van der Waals surface area contributed by atoms with Gasteiger partial charge in [-0.15, -0.1) is 11.3 Å². The predicted octanol–water partition coefficient (Wildman–Crippen LogP) is 3.21. The Morgan fingerprint density at radius 2 is 2.04 bits per heavy atom. The van der Waals surface area contributed by atoms with Gasteiger partial charge >= 0.3 is 11.8 Å². The molecule has 2 amide bonds. The van der Waals surface area contributed by atoms with Crippen LogP contribution in [-0.2, 0) is 9.59 Å². The van der Waals surface area contributed by atoms with E-state index < -0.39 is 5.92 Å². The number of hydrogen-bond donors (Lipinski definition) is 0. The highest BCUT2D eigenvalue weighted by Gasteiger charge is 2.52. The van der Waals surface area contributed by atoms with Crippen molar-refractivity contribution in [1.82, 2.24) is 9.88 Å². The van der Waals surface area contributed by atoms with Gasteiger partial charge in [0.25, 0.3) is 5.84 Å². The third kappa shape index (κ3) is 2.69. The Labute approximate surface area is 154 Å². The van der Waals surface area contributed by atoms with Crippen LogP contribution in [0.4, 0.5) is 0 Å². The number of rotatable bonds is 2. The van der Waals surface area contributed by atoms with Gasteiger partial charge in [-0.2, -0.15) is 4.90 Å². The van der Waals surface area contributed by atoms with E-state index in [1.54, 1.807) is 22.7 Å². The first-order valence-electron chi connectivity index (χ1n) is 8.20. The number of carbonyl (C=O) groups excluding carboxylic acids is 2. The van der Waals surface area contributed by atoms with E-state index in [9.17, 15) is 9.59 Å². The van der Waals surface area contributed by atoms with Gasteiger partial charge < -0.3 is 0 Å². The van der Waals surface area contributed by atoms with Gasteiger partial charge in [-0.3, -0.25) is 0 Å². The summed E-state index contributed by atoms with van der Waals surface area (Å²) in [5.41, 5.74) is 0.732. The van der Waals surface area contributed by atoms with E-state index in [1.807, 2.05) is 30.3 Å². The van der Waals surface area contributed by atoms with Crippen molar-refractivity contribution in [2.75, 3.05) is 7.05 Å². The van der Waals surface area contributed by atoms with Gasteiger partial charge in [-0.05, 0) is 18.4 Å². The van der Waals surface area contributed by atoms with Crippen LogP contribution in [0, 0.1) is 0 Å². The molecule has 0 N–H and O–H groups in total. The van der Waals surface area contributed by atoms with E-state index in [0.717, 1.165) is 35.5 Å². The van der Waals surface area contributed by atoms with Gasteiger partial charge in [-0.1, -0.05) is 41.9 Å². The third-order valence-electron chi connectivity index (χ3n) is 4.87. The number of nitrogens with zero attached hydrogens (tertiary/aromatic N) is 3. The van der Waals surface area contributed by atoms with Crippen LogP contribution >= 0.6 is 22.9 Å². The minimum atomic E-state index is -0.793. The summed E-state index contributed by atoms with van der Waals surface area (Å²) in [5.74, 6) is -0.328. The molecule has 1 aromatic heterocycles. The average Bonchev–Trinajstić information content (AvgIpc) is 3.06. The monoisotopic (exact) mass is 374 g/mol. The maximum Gasteiger partial charge on any atom is 0.329 e. The molecule has 7 heteroatoms. The molecule has 0 bridgehead atoms. The Balaban J connectivity index is 1.81. The summed E-state index contributed by atoms with van der Waals surface area (Å²) in [6.07, 6.45) is 4.23. The lowest BCUT2D eigenvalue weighted by atomic mass is 9.90. The van der Waals surface area contributed by atoms with E-state index in [0.29, 0.717) is 4.47 Å². The molecule has 2 aliphatic rings. The third-order valence-corrected chi connectivity index (χ3v) is 6.09. The molecule has 128 valence electrons. The SMILES string of the molecule is C[N+]1=C2CCCC(c3cnc(Cl)s3)N2C(=O)C(c2ccccc2)C1=O. The van der Waals surface area contributed by atoms with Gasteiger partial charge in [0.2, 0.25) is 0 Å². The van der Waals surface area contributed by atoms with E-state index in [4.69, 9.17) is 11.6 Å². The summed E-state index contributed by atoms with van der Waals surface area (Å²) in [5, 5.41) is 0. The summed E-state index contributed by atoms with van der Waals surface area (Å²) >= 11 is 7.39.